The Kier molecular flexibility index (Phi) is 3.08. The second kappa shape index (κ2) is 4.88. The Labute approximate surface area is 131 Å². The third-order valence-electron chi connectivity index (χ3n) is 4.52. The third kappa shape index (κ3) is 2.24. The van der Waals surface area contributed by atoms with Gasteiger partial charge in [0.05, 0.1) is 11.8 Å². The molecule has 22 heavy (non-hydrogen) atoms. The minimum absolute atomic E-state index is 0.312. The lowest BCUT2D eigenvalue weighted by Crippen LogP contribution is -2.29. The Morgan fingerprint density at radius 3 is 2.50 bits per heavy atom. The fourth-order valence-electron chi connectivity index (χ4n) is 3.14. The van der Waals surface area contributed by atoms with Gasteiger partial charge in [0, 0.05) is 31.3 Å². The summed E-state index contributed by atoms with van der Waals surface area (Å²) in [7, 11) is 0. The number of hydrogen-bond donors (Lipinski definition) is 0. The van der Waals surface area contributed by atoms with Crippen LogP contribution in [0.1, 0.15) is 11.1 Å². The maximum Gasteiger partial charge on any atom is 0.258 e. The lowest BCUT2D eigenvalue weighted by Gasteiger charge is -2.20. The van der Waals surface area contributed by atoms with E-state index in [9.17, 15) is 8.78 Å². The van der Waals surface area contributed by atoms with Crippen molar-refractivity contribution in [1.29, 1.82) is 0 Å². The van der Waals surface area contributed by atoms with Crippen LogP contribution < -0.4 is 4.90 Å². The first-order chi connectivity index (χ1) is 10.6. The quantitative estimate of drug-likeness (QED) is 0.811. The summed E-state index contributed by atoms with van der Waals surface area (Å²) < 4.78 is 26.4. The monoisotopic (exact) mass is 321 g/mol. The minimum Gasteiger partial charge on any atom is -0.340 e. The van der Waals surface area contributed by atoms with E-state index in [1.54, 1.807) is 11.1 Å². The first kappa shape index (κ1) is 13.9. The van der Waals surface area contributed by atoms with Crippen molar-refractivity contribution in [2.75, 3.05) is 18.0 Å². The highest BCUT2D eigenvalue weighted by Gasteiger charge is 2.71. The number of anilines is 1. The Bertz CT molecular complexity index is 694. The summed E-state index contributed by atoms with van der Waals surface area (Å²) in [5.41, 5.74) is 1.97. The Morgan fingerprint density at radius 2 is 1.86 bits per heavy atom. The number of fused-ring (bicyclic) bond motifs is 1. The van der Waals surface area contributed by atoms with Crippen molar-refractivity contribution >= 4 is 17.5 Å². The summed E-state index contributed by atoms with van der Waals surface area (Å²) in [6, 6.07) is 9.92. The second-order valence-corrected chi connectivity index (χ2v) is 6.30. The maximum absolute atomic E-state index is 13.2. The molecule has 2 aromatic rings. The predicted octanol–water partition coefficient (Wildman–Crippen LogP) is 3.42. The van der Waals surface area contributed by atoms with Crippen LogP contribution in [0.5, 0.6) is 0 Å². The van der Waals surface area contributed by atoms with Crippen LogP contribution in [0.15, 0.2) is 36.5 Å². The molecule has 2 unspecified atom stereocenters. The van der Waals surface area contributed by atoms with E-state index < -0.39 is 17.8 Å². The molecule has 0 radical (unpaired) electrons. The number of halogens is 3. The summed E-state index contributed by atoms with van der Waals surface area (Å²) in [5.74, 6) is -3.13. The van der Waals surface area contributed by atoms with Crippen LogP contribution in [0.25, 0.3) is 0 Å². The van der Waals surface area contributed by atoms with Crippen LogP contribution in [0.4, 0.5) is 14.7 Å². The van der Waals surface area contributed by atoms with Crippen molar-refractivity contribution < 1.29 is 8.78 Å². The minimum atomic E-state index is -2.49. The van der Waals surface area contributed by atoms with Gasteiger partial charge in [-0.15, -0.1) is 0 Å². The molecule has 0 spiro atoms. The lowest BCUT2D eigenvalue weighted by molar-refractivity contribution is 0.0796. The fraction of sp³-hybridized carbons (Fsp3) is 0.375. The molecule has 114 valence electrons. The van der Waals surface area contributed by atoms with Gasteiger partial charge >= 0.3 is 0 Å². The van der Waals surface area contributed by atoms with Gasteiger partial charge in [-0.1, -0.05) is 41.9 Å². The van der Waals surface area contributed by atoms with E-state index in [1.807, 2.05) is 30.3 Å². The number of nitrogens with zero attached hydrogens (tertiary/aromatic N) is 3. The highest BCUT2D eigenvalue weighted by atomic mass is 35.5. The molecular weight excluding hydrogens is 308 g/mol. The van der Waals surface area contributed by atoms with Crippen LogP contribution >= 0.6 is 11.6 Å². The molecule has 1 aromatic carbocycles. The maximum atomic E-state index is 13.2. The standard InChI is InChI=1S/C16H14ClF2N3/c17-14-11(6-10-4-2-1-3-5-10)7-20-15(21-14)22-8-12-13(9-22)16(12,18)19/h1-5,7,12-13H,6,8-9H2. The highest BCUT2D eigenvalue weighted by Crippen LogP contribution is 2.59. The molecule has 2 heterocycles. The van der Waals surface area contributed by atoms with Crippen molar-refractivity contribution in [3.05, 3.63) is 52.8 Å². The molecule has 4 rings (SSSR count). The Hall–Kier alpha value is -1.75. The number of alkyl halides is 2. The van der Waals surface area contributed by atoms with E-state index in [4.69, 9.17) is 11.6 Å². The van der Waals surface area contributed by atoms with Crippen LogP contribution in [-0.2, 0) is 6.42 Å². The number of hydrogen-bond acceptors (Lipinski definition) is 3. The molecular formula is C16H14ClF2N3. The summed E-state index contributed by atoms with van der Waals surface area (Å²) in [4.78, 5) is 10.4. The molecule has 0 bridgehead atoms. The number of aromatic nitrogens is 2. The topological polar surface area (TPSA) is 29.0 Å². The molecule has 1 aromatic heterocycles. The number of rotatable bonds is 3. The van der Waals surface area contributed by atoms with E-state index >= 15 is 0 Å². The molecule has 0 N–H and O–H groups in total. The van der Waals surface area contributed by atoms with Gasteiger partial charge in [0.1, 0.15) is 5.15 Å². The van der Waals surface area contributed by atoms with Crippen molar-refractivity contribution in [2.45, 2.75) is 12.3 Å². The van der Waals surface area contributed by atoms with Crippen LogP contribution in [-0.4, -0.2) is 29.0 Å². The summed E-state index contributed by atoms with van der Waals surface area (Å²) in [6.07, 6.45) is 2.35. The predicted molar refractivity (Wildman–Crippen MR) is 80.4 cm³/mol. The van der Waals surface area contributed by atoms with Gasteiger partial charge in [-0.2, -0.15) is 0 Å². The molecule has 6 heteroatoms. The van der Waals surface area contributed by atoms with Gasteiger partial charge in [-0.3, -0.25) is 0 Å². The molecule has 1 saturated heterocycles. The van der Waals surface area contributed by atoms with E-state index in [0.29, 0.717) is 30.6 Å². The van der Waals surface area contributed by atoms with Crippen LogP contribution in [0.3, 0.4) is 0 Å². The van der Waals surface area contributed by atoms with Crippen molar-refractivity contribution in [3.8, 4) is 0 Å². The second-order valence-electron chi connectivity index (χ2n) is 5.94. The zero-order chi connectivity index (χ0) is 15.3. The van der Waals surface area contributed by atoms with Gasteiger partial charge in [0.2, 0.25) is 5.95 Å². The Morgan fingerprint density at radius 1 is 1.18 bits per heavy atom. The first-order valence-corrected chi connectivity index (χ1v) is 7.61. The van der Waals surface area contributed by atoms with Gasteiger partial charge in [-0.05, 0) is 5.56 Å². The summed E-state index contributed by atoms with van der Waals surface area (Å²) >= 11 is 6.24. The molecule has 1 saturated carbocycles. The number of piperidine rings is 1. The van der Waals surface area contributed by atoms with Gasteiger partial charge in [0.15, 0.2) is 0 Å². The van der Waals surface area contributed by atoms with E-state index in [0.717, 1.165) is 11.1 Å². The van der Waals surface area contributed by atoms with Crippen molar-refractivity contribution in [2.24, 2.45) is 11.8 Å². The smallest absolute Gasteiger partial charge is 0.258 e. The first-order valence-electron chi connectivity index (χ1n) is 7.24. The van der Waals surface area contributed by atoms with Gasteiger partial charge in [-0.25, -0.2) is 18.7 Å². The van der Waals surface area contributed by atoms with Crippen molar-refractivity contribution in [3.63, 3.8) is 0 Å². The van der Waals surface area contributed by atoms with Gasteiger partial charge in [0.25, 0.3) is 5.92 Å². The average Bonchev–Trinajstić information content (AvgIpc) is 2.89. The van der Waals surface area contributed by atoms with E-state index in [1.165, 1.54) is 0 Å². The zero-order valence-electron chi connectivity index (χ0n) is 11.7. The van der Waals surface area contributed by atoms with E-state index in [2.05, 4.69) is 9.97 Å². The molecule has 1 aliphatic carbocycles. The summed E-state index contributed by atoms with van der Waals surface area (Å²) in [6.45, 7) is 0.623. The average molecular weight is 322 g/mol. The highest BCUT2D eigenvalue weighted by molar-refractivity contribution is 6.30. The molecule has 2 aliphatic rings. The number of benzene rings is 1. The Balaban J connectivity index is 1.49. The molecule has 3 nitrogen and oxygen atoms in total. The van der Waals surface area contributed by atoms with Crippen molar-refractivity contribution in [1.82, 2.24) is 9.97 Å². The SMILES string of the molecule is FC1(F)C2CN(c3ncc(Cc4ccccc4)c(Cl)n3)CC21. The van der Waals surface area contributed by atoms with Crippen LogP contribution in [0.2, 0.25) is 5.15 Å². The fourth-order valence-corrected chi connectivity index (χ4v) is 3.33. The van der Waals surface area contributed by atoms with Gasteiger partial charge < -0.3 is 4.90 Å². The van der Waals surface area contributed by atoms with Crippen LogP contribution in [0, 0.1) is 11.8 Å². The van der Waals surface area contributed by atoms with E-state index in [-0.39, 0.29) is 0 Å². The summed E-state index contributed by atoms with van der Waals surface area (Å²) in [5, 5.41) is 0.390. The molecule has 2 fully saturated rings. The molecule has 0 amide bonds. The largest absolute Gasteiger partial charge is 0.340 e. The normalized spacial score (nSPS) is 25.1. The molecule has 2 atom stereocenters. The lowest BCUT2D eigenvalue weighted by atomic mass is 10.1. The third-order valence-corrected chi connectivity index (χ3v) is 4.85. The molecule has 1 aliphatic heterocycles. The zero-order valence-corrected chi connectivity index (χ0v) is 12.5.